The van der Waals surface area contributed by atoms with Gasteiger partial charge in [0.25, 0.3) is 0 Å². The van der Waals surface area contributed by atoms with Crippen molar-refractivity contribution in [2.75, 3.05) is 13.2 Å². The molecule has 0 aliphatic carbocycles. The molecule has 0 radical (unpaired) electrons. The lowest BCUT2D eigenvalue weighted by Crippen LogP contribution is -2.47. The maximum absolute atomic E-state index is 12.7. The molecule has 0 spiro atoms. The Balaban J connectivity index is 4.61. The summed E-state index contributed by atoms with van der Waals surface area (Å²) in [6.07, 6.45) is 54.1. The van der Waals surface area contributed by atoms with Gasteiger partial charge in [0.2, 0.25) is 11.8 Å². The number of carboxylic acid groups (broad SMARTS) is 1. The van der Waals surface area contributed by atoms with E-state index >= 15 is 0 Å². The second kappa shape index (κ2) is 40.2. The van der Waals surface area contributed by atoms with E-state index in [2.05, 4.69) is 122 Å². The molecule has 2 atom stereocenters. The Kier molecular flexibility index (Phi) is 36.9. The largest absolute Gasteiger partial charge is 0.480 e. The molecule has 0 rings (SSSR count). The van der Waals surface area contributed by atoms with Gasteiger partial charge < -0.3 is 25.6 Å². The van der Waals surface area contributed by atoms with Crippen LogP contribution < -0.4 is 10.6 Å². The standard InChI is InChI=1S/C47H72N2O7/c1-3-5-7-9-11-13-15-17-18-20-22-24-26-31-35-39-46(53)56-42(36-32-28-25-23-21-19-16-14-12-10-8-6-4-2)37-33-29-27-30-34-38-44(51)48-40-45(52)49-43(41-50)47(54)55/h5-8,11-14,17-19,21-22,24-25,28,31,35,42-43,50H,3-4,9-10,15-16,20,23,26-27,29-30,32-34,36-41H2,1-2H3,(H,48,51)(H,49,52)(H,54,55)/b7-5-,8-6-,13-11-,14-12-,18-17-,21-19-,24-22-,28-25-,35-31-. The van der Waals surface area contributed by atoms with E-state index in [4.69, 9.17) is 14.9 Å². The van der Waals surface area contributed by atoms with Gasteiger partial charge in [0.05, 0.1) is 19.6 Å². The number of esters is 1. The third-order valence-corrected chi connectivity index (χ3v) is 8.31. The molecule has 0 aliphatic heterocycles. The first-order chi connectivity index (χ1) is 27.3. The molecule has 0 fully saturated rings. The fourth-order valence-electron chi connectivity index (χ4n) is 5.19. The number of aliphatic hydroxyl groups is 1. The third kappa shape index (κ3) is 36.5. The maximum Gasteiger partial charge on any atom is 0.328 e. The predicted molar refractivity (Wildman–Crippen MR) is 231 cm³/mol. The fraction of sp³-hybridized carbons (Fsp3) is 0.532. The molecule has 2 unspecified atom stereocenters. The van der Waals surface area contributed by atoms with E-state index in [1.54, 1.807) is 0 Å². The molecule has 2 amide bonds. The van der Waals surface area contributed by atoms with Crippen LogP contribution in [-0.4, -0.2) is 59.3 Å². The van der Waals surface area contributed by atoms with Gasteiger partial charge in [-0.15, -0.1) is 0 Å². The predicted octanol–water partition coefficient (Wildman–Crippen LogP) is 10.0. The van der Waals surface area contributed by atoms with Crippen molar-refractivity contribution in [2.45, 2.75) is 148 Å². The molecule has 0 aromatic heterocycles. The minimum Gasteiger partial charge on any atom is -0.480 e. The third-order valence-electron chi connectivity index (χ3n) is 8.31. The van der Waals surface area contributed by atoms with Crippen LogP contribution >= 0.6 is 0 Å². The van der Waals surface area contributed by atoms with Crippen LogP contribution in [0.4, 0.5) is 0 Å². The zero-order chi connectivity index (χ0) is 41.2. The number of allylic oxidation sites excluding steroid dienone is 17. The van der Waals surface area contributed by atoms with Crippen molar-refractivity contribution in [3.8, 4) is 0 Å². The highest BCUT2D eigenvalue weighted by Gasteiger charge is 2.18. The van der Waals surface area contributed by atoms with Crippen molar-refractivity contribution in [1.82, 2.24) is 10.6 Å². The second-order valence-electron chi connectivity index (χ2n) is 13.3. The normalized spacial score (nSPS) is 13.6. The summed E-state index contributed by atoms with van der Waals surface area (Å²) in [6, 6.07) is -1.40. The number of rotatable bonds is 35. The summed E-state index contributed by atoms with van der Waals surface area (Å²) in [5.41, 5.74) is 0. The first-order valence-electron chi connectivity index (χ1n) is 20.8. The monoisotopic (exact) mass is 777 g/mol. The van der Waals surface area contributed by atoms with Gasteiger partial charge in [-0.25, -0.2) is 4.79 Å². The Labute approximate surface area is 338 Å². The van der Waals surface area contributed by atoms with Crippen LogP contribution in [0.15, 0.2) is 109 Å². The van der Waals surface area contributed by atoms with Crippen LogP contribution in [0.1, 0.15) is 136 Å². The summed E-state index contributed by atoms with van der Waals surface area (Å²) in [5, 5.41) is 22.5. The zero-order valence-electron chi connectivity index (χ0n) is 34.3. The van der Waals surface area contributed by atoms with Crippen molar-refractivity contribution < 1.29 is 34.1 Å². The van der Waals surface area contributed by atoms with E-state index in [-0.39, 0.29) is 37.4 Å². The number of nitrogens with one attached hydrogen (secondary N) is 2. The minimum absolute atomic E-state index is 0.152. The Bertz CT molecular complexity index is 1300. The highest BCUT2D eigenvalue weighted by molar-refractivity contribution is 5.87. The number of hydrogen-bond acceptors (Lipinski definition) is 6. The second-order valence-corrected chi connectivity index (χ2v) is 13.3. The SMILES string of the molecule is CC/C=C\C/C=C\C/C=C\C/C=C\C/C=C\CC(=O)OC(CC/C=C\C/C=C\C/C=C\C/C=C\CC)CCCCCCCC(=O)NCC(=O)NC(CO)C(=O)O. The number of carbonyl (C=O) groups is 4. The molecule has 9 nitrogen and oxygen atoms in total. The number of aliphatic carboxylic acids is 1. The molecule has 0 aromatic rings. The molecule has 312 valence electrons. The van der Waals surface area contributed by atoms with Crippen molar-refractivity contribution in [1.29, 1.82) is 0 Å². The van der Waals surface area contributed by atoms with E-state index < -0.39 is 24.5 Å². The van der Waals surface area contributed by atoms with Crippen molar-refractivity contribution >= 4 is 23.8 Å². The Hall–Kier alpha value is -4.50. The van der Waals surface area contributed by atoms with Gasteiger partial charge in [-0.3, -0.25) is 14.4 Å². The minimum atomic E-state index is -1.40. The summed E-state index contributed by atoms with van der Waals surface area (Å²) in [7, 11) is 0. The quantitative estimate of drug-likeness (QED) is 0.0285. The summed E-state index contributed by atoms with van der Waals surface area (Å²) in [6.45, 7) is 3.20. The average molecular weight is 777 g/mol. The lowest BCUT2D eigenvalue weighted by Gasteiger charge is -2.17. The van der Waals surface area contributed by atoms with Gasteiger partial charge in [0, 0.05) is 6.42 Å². The Morgan fingerprint density at radius 3 is 1.48 bits per heavy atom. The molecule has 0 saturated heterocycles. The van der Waals surface area contributed by atoms with Crippen LogP contribution in [0.2, 0.25) is 0 Å². The lowest BCUT2D eigenvalue weighted by atomic mass is 10.0. The lowest BCUT2D eigenvalue weighted by molar-refractivity contribution is -0.148. The number of carbonyl (C=O) groups excluding carboxylic acids is 3. The van der Waals surface area contributed by atoms with Crippen LogP contribution in [0.5, 0.6) is 0 Å². The zero-order valence-corrected chi connectivity index (χ0v) is 34.3. The number of ether oxygens (including phenoxy) is 1. The van der Waals surface area contributed by atoms with E-state index in [9.17, 15) is 19.2 Å². The van der Waals surface area contributed by atoms with Crippen LogP contribution in [0.3, 0.4) is 0 Å². The van der Waals surface area contributed by atoms with E-state index in [1.165, 1.54) is 0 Å². The summed E-state index contributed by atoms with van der Waals surface area (Å²) in [4.78, 5) is 47.5. The number of aliphatic hydroxyl groups excluding tert-OH is 1. The van der Waals surface area contributed by atoms with Gasteiger partial charge >= 0.3 is 11.9 Å². The highest BCUT2D eigenvalue weighted by atomic mass is 16.5. The molecule has 9 heteroatoms. The van der Waals surface area contributed by atoms with Gasteiger partial charge in [0.15, 0.2) is 0 Å². The Morgan fingerprint density at radius 1 is 0.554 bits per heavy atom. The molecule has 0 bridgehead atoms. The fourth-order valence-corrected chi connectivity index (χ4v) is 5.19. The van der Waals surface area contributed by atoms with Crippen molar-refractivity contribution in [3.05, 3.63) is 109 Å². The topological polar surface area (TPSA) is 142 Å². The number of amides is 2. The van der Waals surface area contributed by atoms with Gasteiger partial charge in [-0.1, -0.05) is 142 Å². The van der Waals surface area contributed by atoms with Crippen molar-refractivity contribution in [3.63, 3.8) is 0 Å². The number of unbranched alkanes of at least 4 members (excludes halogenated alkanes) is 4. The molecule has 0 heterocycles. The first kappa shape index (κ1) is 51.5. The van der Waals surface area contributed by atoms with E-state index in [0.29, 0.717) is 6.42 Å². The molecule has 56 heavy (non-hydrogen) atoms. The van der Waals surface area contributed by atoms with E-state index in [0.717, 1.165) is 103 Å². The van der Waals surface area contributed by atoms with Gasteiger partial charge in [-0.05, 0) is 89.9 Å². The summed E-state index contributed by atoms with van der Waals surface area (Å²) >= 11 is 0. The van der Waals surface area contributed by atoms with Crippen LogP contribution in [0, 0.1) is 0 Å². The highest BCUT2D eigenvalue weighted by Crippen LogP contribution is 2.16. The first-order valence-corrected chi connectivity index (χ1v) is 20.8. The van der Waals surface area contributed by atoms with E-state index in [1.807, 2.05) is 12.2 Å². The van der Waals surface area contributed by atoms with Gasteiger partial charge in [-0.2, -0.15) is 0 Å². The molecular weight excluding hydrogens is 705 g/mol. The smallest absolute Gasteiger partial charge is 0.328 e. The Morgan fingerprint density at radius 2 is 1.00 bits per heavy atom. The average Bonchev–Trinajstić information content (AvgIpc) is 3.18. The summed E-state index contributed by atoms with van der Waals surface area (Å²) in [5.74, 6) is -2.51. The molecular formula is C47H72N2O7. The van der Waals surface area contributed by atoms with Crippen LogP contribution in [-0.2, 0) is 23.9 Å². The molecule has 0 saturated carbocycles. The number of carboxylic acids is 1. The van der Waals surface area contributed by atoms with Crippen molar-refractivity contribution in [2.24, 2.45) is 0 Å². The van der Waals surface area contributed by atoms with Gasteiger partial charge in [0.1, 0.15) is 12.1 Å². The molecule has 0 aliphatic rings. The maximum atomic E-state index is 12.7. The molecule has 4 N–H and O–H groups in total. The summed E-state index contributed by atoms with van der Waals surface area (Å²) < 4.78 is 5.91. The number of hydrogen-bond donors (Lipinski definition) is 4. The van der Waals surface area contributed by atoms with Crippen LogP contribution in [0.25, 0.3) is 0 Å². The molecule has 0 aromatic carbocycles.